The number of carbonyl (C=O) groups is 2. The number of carbonyl (C=O) groups excluding carboxylic acids is 1. The van der Waals surface area contributed by atoms with Crippen LogP contribution in [0.5, 0.6) is 11.5 Å². The van der Waals surface area contributed by atoms with Crippen molar-refractivity contribution in [3.63, 3.8) is 0 Å². The quantitative estimate of drug-likeness (QED) is 0.284. The highest BCUT2D eigenvalue weighted by atomic mass is 19.4. The van der Waals surface area contributed by atoms with E-state index in [1.807, 2.05) is 0 Å². The van der Waals surface area contributed by atoms with Crippen molar-refractivity contribution in [3.8, 4) is 11.5 Å². The molecule has 41 heavy (non-hydrogen) atoms. The van der Waals surface area contributed by atoms with E-state index in [0.29, 0.717) is 29.8 Å². The summed E-state index contributed by atoms with van der Waals surface area (Å²) < 4.78 is 64.5. The number of benzene rings is 3. The van der Waals surface area contributed by atoms with Crippen LogP contribution in [0.1, 0.15) is 30.0 Å². The highest BCUT2D eigenvalue weighted by Gasteiger charge is 2.37. The summed E-state index contributed by atoms with van der Waals surface area (Å²) in [6, 6.07) is 16.9. The molecule has 2 atom stereocenters. The Morgan fingerprint density at radius 3 is 2.39 bits per heavy atom. The van der Waals surface area contributed by atoms with Crippen molar-refractivity contribution in [2.45, 2.75) is 44.1 Å². The van der Waals surface area contributed by atoms with Crippen molar-refractivity contribution in [2.24, 2.45) is 0 Å². The monoisotopic (exact) mass is 574 g/mol. The standard InChI is InChI=1S/C30H30F4N2O5/c1-29(27(37)38,41-26-9-4-3-8-25(26)31)17-20-10-12-24(13-11-20)40-15-14-23-19-36(28(39)35(23)2)18-21-6-5-7-22(16-21)30(32,33)34/h3-13,16,23H,14-15,17-19H2,1-2H3,(H,37,38). The summed E-state index contributed by atoms with van der Waals surface area (Å²) in [6.45, 7) is 2.08. The van der Waals surface area contributed by atoms with Gasteiger partial charge in [-0.25, -0.2) is 14.0 Å². The minimum Gasteiger partial charge on any atom is -0.494 e. The Morgan fingerprint density at radius 2 is 1.73 bits per heavy atom. The summed E-state index contributed by atoms with van der Waals surface area (Å²) in [5.41, 5.74) is -1.41. The summed E-state index contributed by atoms with van der Waals surface area (Å²) >= 11 is 0. The molecule has 0 spiro atoms. The molecule has 3 aromatic carbocycles. The lowest BCUT2D eigenvalue weighted by Gasteiger charge is -2.26. The summed E-state index contributed by atoms with van der Waals surface area (Å²) in [5.74, 6) is -1.51. The van der Waals surface area contributed by atoms with E-state index in [1.54, 1.807) is 48.3 Å². The van der Waals surface area contributed by atoms with Gasteiger partial charge >= 0.3 is 18.2 Å². The molecule has 2 amide bonds. The predicted octanol–water partition coefficient (Wildman–Crippen LogP) is 6.01. The SMILES string of the molecule is CN1C(=O)N(Cc2cccc(C(F)(F)F)c2)CC1CCOc1ccc(CC(C)(Oc2ccccc2F)C(=O)O)cc1. The van der Waals surface area contributed by atoms with Gasteiger partial charge in [-0.1, -0.05) is 36.4 Å². The molecule has 218 valence electrons. The average Bonchev–Trinajstić information content (AvgIpc) is 3.18. The Morgan fingerprint density at radius 1 is 1.02 bits per heavy atom. The lowest BCUT2D eigenvalue weighted by molar-refractivity contribution is -0.153. The smallest absolute Gasteiger partial charge is 0.416 e. The second kappa shape index (κ2) is 12.1. The Kier molecular flexibility index (Phi) is 8.74. The third-order valence-corrected chi connectivity index (χ3v) is 6.99. The Hall–Kier alpha value is -4.28. The van der Waals surface area contributed by atoms with Crippen molar-refractivity contribution >= 4 is 12.0 Å². The Balaban J connectivity index is 1.30. The number of halogens is 4. The summed E-state index contributed by atoms with van der Waals surface area (Å²) in [5, 5.41) is 9.76. The molecule has 4 rings (SSSR count). The van der Waals surface area contributed by atoms with Gasteiger partial charge < -0.3 is 24.4 Å². The van der Waals surface area contributed by atoms with Gasteiger partial charge in [0.1, 0.15) is 5.75 Å². The highest BCUT2D eigenvalue weighted by Crippen LogP contribution is 2.30. The lowest BCUT2D eigenvalue weighted by Crippen LogP contribution is -2.43. The van der Waals surface area contributed by atoms with Crippen LogP contribution in [0.4, 0.5) is 22.4 Å². The van der Waals surface area contributed by atoms with Gasteiger partial charge in [-0.05, 0) is 54.4 Å². The van der Waals surface area contributed by atoms with Crippen LogP contribution in [-0.2, 0) is 23.9 Å². The van der Waals surface area contributed by atoms with Crippen molar-refractivity contribution in [2.75, 3.05) is 20.2 Å². The maximum atomic E-state index is 14.0. The van der Waals surface area contributed by atoms with Gasteiger partial charge in [-0.2, -0.15) is 13.2 Å². The zero-order valence-corrected chi connectivity index (χ0v) is 22.5. The highest BCUT2D eigenvalue weighted by molar-refractivity contribution is 5.78. The Bertz CT molecular complexity index is 1380. The summed E-state index contributed by atoms with van der Waals surface area (Å²) in [4.78, 5) is 27.7. The van der Waals surface area contributed by atoms with Crippen LogP contribution in [-0.4, -0.2) is 58.7 Å². The predicted molar refractivity (Wildman–Crippen MR) is 142 cm³/mol. The first-order chi connectivity index (χ1) is 19.4. The fourth-order valence-electron chi connectivity index (χ4n) is 4.65. The van der Waals surface area contributed by atoms with Gasteiger partial charge in [0.05, 0.1) is 18.2 Å². The average molecular weight is 575 g/mol. The van der Waals surface area contributed by atoms with Crippen LogP contribution in [0.3, 0.4) is 0 Å². The van der Waals surface area contributed by atoms with E-state index in [-0.39, 0.29) is 37.4 Å². The molecule has 1 aliphatic rings. The van der Waals surface area contributed by atoms with E-state index in [0.717, 1.165) is 12.1 Å². The molecule has 0 radical (unpaired) electrons. The molecule has 1 saturated heterocycles. The van der Waals surface area contributed by atoms with Crippen LogP contribution >= 0.6 is 0 Å². The van der Waals surface area contributed by atoms with Crippen molar-refractivity contribution < 1.29 is 41.7 Å². The molecule has 0 bridgehead atoms. The molecule has 11 heteroatoms. The molecule has 3 aromatic rings. The van der Waals surface area contributed by atoms with Crippen LogP contribution in [0.15, 0.2) is 72.8 Å². The van der Waals surface area contributed by atoms with Gasteiger partial charge in [0.25, 0.3) is 0 Å². The van der Waals surface area contributed by atoms with Crippen molar-refractivity contribution in [1.82, 2.24) is 9.80 Å². The molecule has 2 unspecified atom stereocenters. The number of nitrogens with zero attached hydrogens (tertiary/aromatic N) is 2. The number of hydrogen-bond acceptors (Lipinski definition) is 4. The topological polar surface area (TPSA) is 79.3 Å². The number of rotatable bonds is 11. The van der Waals surface area contributed by atoms with E-state index in [2.05, 4.69) is 0 Å². The molecule has 7 nitrogen and oxygen atoms in total. The first-order valence-corrected chi connectivity index (χ1v) is 12.9. The number of likely N-dealkylation sites (N-methyl/N-ethyl adjacent to an activating group) is 1. The molecule has 1 N–H and O–H groups in total. The number of ether oxygens (including phenoxy) is 2. The summed E-state index contributed by atoms with van der Waals surface area (Å²) in [6.07, 6.45) is -3.98. The zero-order chi connectivity index (χ0) is 29.8. The number of alkyl halides is 3. The van der Waals surface area contributed by atoms with E-state index < -0.39 is 29.1 Å². The number of aliphatic carboxylic acids is 1. The molecule has 0 saturated carbocycles. The minimum absolute atomic E-state index is 0.0202. The summed E-state index contributed by atoms with van der Waals surface area (Å²) in [7, 11) is 1.65. The van der Waals surface area contributed by atoms with Gasteiger partial charge in [0.2, 0.25) is 5.60 Å². The van der Waals surface area contributed by atoms with Crippen molar-refractivity contribution in [1.29, 1.82) is 0 Å². The molecule has 1 fully saturated rings. The van der Waals surface area contributed by atoms with E-state index in [9.17, 15) is 32.3 Å². The second-order valence-electron chi connectivity index (χ2n) is 10.2. The molecule has 0 aliphatic carbocycles. The normalized spacial score (nSPS) is 16.9. The van der Waals surface area contributed by atoms with E-state index in [1.165, 1.54) is 36.1 Å². The molecule has 0 aromatic heterocycles. The Labute approximate surface area is 234 Å². The van der Waals surface area contributed by atoms with Crippen LogP contribution in [0.2, 0.25) is 0 Å². The number of hydrogen-bond donors (Lipinski definition) is 1. The molecular formula is C30H30F4N2O5. The van der Waals surface area contributed by atoms with Gasteiger partial charge in [0.15, 0.2) is 11.6 Å². The number of para-hydroxylation sites is 1. The van der Waals surface area contributed by atoms with Crippen LogP contribution in [0.25, 0.3) is 0 Å². The fourth-order valence-corrected chi connectivity index (χ4v) is 4.65. The number of carboxylic acids is 1. The second-order valence-corrected chi connectivity index (χ2v) is 10.2. The maximum absolute atomic E-state index is 14.0. The van der Waals surface area contributed by atoms with Crippen molar-refractivity contribution in [3.05, 3.63) is 95.3 Å². The van der Waals surface area contributed by atoms with E-state index in [4.69, 9.17) is 9.47 Å². The third-order valence-electron chi connectivity index (χ3n) is 6.99. The number of urea groups is 1. The molecule has 1 heterocycles. The lowest BCUT2D eigenvalue weighted by atomic mass is 9.96. The fraction of sp³-hybridized carbons (Fsp3) is 0.333. The molecule has 1 aliphatic heterocycles. The van der Waals surface area contributed by atoms with Gasteiger partial charge in [-0.3, -0.25) is 0 Å². The number of carboxylic acid groups (broad SMARTS) is 1. The third kappa shape index (κ3) is 7.27. The van der Waals surface area contributed by atoms with Gasteiger partial charge in [-0.15, -0.1) is 0 Å². The molecular weight excluding hydrogens is 544 g/mol. The van der Waals surface area contributed by atoms with Crippen LogP contribution < -0.4 is 9.47 Å². The van der Waals surface area contributed by atoms with Crippen LogP contribution in [0, 0.1) is 5.82 Å². The first kappa shape index (κ1) is 29.7. The first-order valence-electron chi connectivity index (χ1n) is 12.9. The maximum Gasteiger partial charge on any atom is 0.416 e. The minimum atomic E-state index is -4.45. The largest absolute Gasteiger partial charge is 0.494 e. The van der Waals surface area contributed by atoms with E-state index >= 15 is 0 Å². The van der Waals surface area contributed by atoms with Gasteiger partial charge in [0, 0.05) is 33.0 Å². The number of amides is 2. The zero-order valence-electron chi connectivity index (χ0n) is 22.5.